The molecule has 112 valence electrons. The van der Waals surface area contributed by atoms with E-state index < -0.39 is 0 Å². The Kier molecular flexibility index (Phi) is 6.84. The van der Waals surface area contributed by atoms with Crippen molar-refractivity contribution in [3.63, 3.8) is 0 Å². The third kappa shape index (κ3) is 5.13. The van der Waals surface area contributed by atoms with Gasteiger partial charge in [0.25, 0.3) is 0 Å². The molecule has 0 saturated heterocycles. The Morgan fingerprint density at radius 1 is 1.11 bits per heavy atom. The number of hydrogen-bond acceptors (Lipinski definition) is 2. The maximum atomic E-state index is 12.3. The Morgan fingerprint density at radius 3 is 2.26 bits per heavy atom. The molecule has 1 aliphatic carbocycles. The van der Waals surface area contributed by atoms with Gasteiger partial charge in [0.1, 0.15) is 0 Å². The van der Waals surface area contributed by atoms with E-state index in [0.717, 1.165) is 25.8 Å². The number of carbonyl (C=O) groups is 1. The molecular weight excluding hydrogens is 236 g/mol. The van der Waals surface area contributed by atoms with Crippen LogP contribution in [0, 0.1) is 23.7 Å². The number of amides is 1. The fraction of sp³-hybridized carbons (Fsp3) is 0.938. The monoisotopic (exact) mass is 268 g/mol. The molecule has 3 nitrogen and oxygen atoms in total. The minimum absolute atomic E-state index is 0.0301. The lowest BCUT2D eigenvalue weighted by Crippen LogP contribution is -2.43. The van der Waals surface area contributed by atoms with Crippen molar-refractivity contribution in [2.75, 3.05) is 6.54 Å². The minimum Gasteiger partial charge on any atom is -0.356 e. The van der Waals surface area contributed by atoms with Crippen molar-refractivity contribution in [1.82, 2.24) is 5.32 Å². The SMILES string of the molecule is CC(C)C(CNC(=O)C1CCCCCC1N)C(C)C. The lowest BCUT2D eigenvalue weighted by atomic mass is 9.85. The summed E-state index contributed by atoms with van der Waals surface area (Å²) in [6, 6.07) is 0.0547. The molecule has 3 N–H and O–H groups in total. The van der Waals surface area contributed by atoms with E-state index in [1.54, 1.807) is 0 Å². The zero-order valence-corrected chi connectivity index (χ0v) is 13.1. The summed E-state index contributed by atoms with van der Waals surface area (Å²) >= 11 is 0. The van der Waals surface area contributed by atoms with E-state index >= 15 is 0 Å². The Labute approximate surface area is 118 Å². The number of rotatable bonds is 5. The average molecular weight is 268 g/mol. The first kappa shape index (κ1) is 16.5. The van der Waals surface area contributed by atoms with Crippen molar-refractivity contribution in [1.29, 1.82) is 0 Å². The summed E-state index contributed by atoms with van der Waals surface area (Å²) in [5.41, 5.74) is 6.15. The van der Waals surface area contributed by atoms with Crippen molar-refractivity contribution >= 4 is 5.91 Å². The van der Waals surface area contributed by atoms with Crippen LogP contribution in [0.1, 0.15) is 59.8 Å². The van der Waals surface area contributed by atoms with Crippen LogP contribution in [-0.2, 0) is 4.79 Å². The standard InChI is InChI=1S/C16H32N2O/c1-11(2)14(12(3)4)10-18-16(19)13-8-6-5-7-9-15(13)17/h11-15H,5-10,17H2,1-4H3,(H,18,19). The Bertz CT molecular complexity index is 268. The van der Waals surface area contributed by atoms with Gasteiger partial charge < -0.3 is 11.1 Å². The summed E-state index contributed by atoms with van der Waals surface area (Å²) in [6.45, 7) is 9.71. The van der Waals surface area contributed by atoms with Crippen molar-refractivity contribution in [2.45, 2.75) is 65.8 Å². The second-order valence-electron chi connectivity index (χ2n) is 6.81. The molecule has 0 spiro atoms. The van der Waals surface area contributed by atoms with Crippen LogP contribution in [0.2, 0.25) is 0 Å². The molecule has 19 heavy (non-hydrogen) atoms. The average Bonchev–Trinajstić information content (AvgIpc) is 2.52. The second kappa shape index (κ2) is 7.88. The predicted octanol–water partition coefficient (Wildman–Crippen LogP) is 2.94. The summed E-state index contributed by atoms with van der Waals surface area (Å²) in [6.07, 6.45) is 5.49. The molecule has 1 saturated carbocycles. The smallest absolute Gasteiger partial charge is 0.224 e. The fourth-order valence-electron chi connectivity index (χ4n) is 3.25. The summed E-state index contributed by atoms with van der Waals surface area (Å²) < 4.78 is 0. The van der Waals surface area contributed by atoms with Gasteiger partial charge in [-0.3, -0.25) is 4.79 Å². The second-order valence-corrected chi connectivity index (χ2v) is 6.81. The van der Waals surface area contributed by atoms with Gasteiger partial charge in [-0.05, 0) is 30.6 Å². The maximum absolute atomic E-state index is 12.3. The molecule has 0 aliphatic heterocycles. The fourth-order valence-corrected chi connectivity index (χ4v) is 3.25. The molecule has 1 aliphatic rings. The van der Waals surface area contributed by atoms with Crippen molar-refractivity contribution < 1.29 is 4.79 Å². The highest BCUT2D eigenvalue weighted by atomic mass is 16.1. The molecule has 0 aromatic rings. The maximum Gasteiger partial charge on any atom is 0.224 e. The molecule has 2 unspecified atom stereocenters. The van der Waals surface area contributed by atoms with Gasteiger partial charge in [-0.15, -0.1) is 0 Å². The molecule has 0 aromatic heterocycles. The van der Waals surface area contributed by atoms with E-state index in [0.29, 0.717) is 17.8 Å². The highest BCUT2D eigenvalue weighted by molar-refractivity contribution is 5.79. The van der Waals surface area contributed by atoms with Crippen LogP contribution in [0.25, 0.3) is 0 Å². The first-order valence-electron chi connectivity index (χ1n) is 7.96. The molecule has 0 radical (unpaired) electrons. The van der Waals surface area contributed by atoms with E-state index in [4.69, 9.17) is 5.73 Å². The number of carbonyl (C=O) groups excluding carboxylic acids is 1. The molecule has 3 heteroatoms. The lowest BCUT2D eigenvalue weighted by molar-refractivity contribution is -0.126. The Hall–Kier alpha value is -0.570. The molecule has 0 heterocycles. The van der Waals surface area contributed by atoms with E-state index in [1.807, 2.05) is 0 Å². The molecular formula is C16H32N2O. The van der Waals surface area contributed by atoms with E-state index in [1.165, 1.54) is 12.8 Å². The minimum atomic E-state index is 0.0301. The molecule has 0 aromatic carbocycles. The van der Waals surface area contributed by atoms with Gasteiger partial charge in [-0.25, -0.2) is 0 Å². The quantitative estimate of drug-likeness (QED) is 0.753. The van der Waals surface area contributed by atoms with Crippen LogP contribution in [0.15, 0.2) is 0 Å². The highest BCUT2D eigenvalue weighted by Crippen LogP contribution is 2.23. The van der Waals surface area contributed by atoms with Gasteiger partial charge >= 0.3 is 0 Å². The van der Waals surface area contributed by atoms with Gasteiger partial charge in [0.15, 0.2) is 0 Å². The zero-order valence-electron chi connectivity index (χ0n) is 13.1. The van der Waals surface area contributed by atoms with Crippen LogP contribution in [0.4, 0.5) is 0 Å². The molecule has 0 bridgehead atoms. The zero-order chi connectivity index (χ0) is 14.4. The number of nitrogens with one attached hydrogen (secondary N) is 1. The number of hydrogen-bond donors (Lipinski definition) is 2. The normalized spacial score (nSPS) is 24.8. The predicted molar refractivity (Wildman–Crippen MR) is 80.7 cm³/mol. The van der Waals surface area contributed by atoms with E-state index in [2.05, 4.69) is 33.0 Å². The third-order valence-corrected chi connectivity index (χ3v) is 4.63. The summed E-state index contributed by atoms with van der Waals surface area (Å²) in [5.74, 6) is 1.96. The van der Waals surface area contributed by atoms with Crippen LogP contribution in [0.3, 0.4) is 0 Å². The van der Waals surface area contributed by atoms with Crippen molar-refractivity contribution in [3.8, 4) is 0 Å². The largest absolute Gasteiger partial charge is 0.356 e. The summed E-state index contributed by atoms with van der Waals surface area (Å²) in [4.78, 5) is 12.3. The van der Waals surface area contributed by atoms with E-state index in [9.17, 15) is 4.79 Å². The molecule has 1 amide bonds. The van der Waals surface area contributed by atoms with E-state index in [-0.39, 0.29) is 17.9 Å². The molecule has 2 atom stereocenters. The molecule has 1 rings (SSSR count). The summed E-state index contributed by atoms with van der Waals surface area (Å²) in [5, 5.41) is 3.15. The van der Waals surface area contributed by atoms with Crippen LogP contribution < -0.4 is 11.1 Å². The van der Waals surface area contributed by atoms with Gasteiger partial charge in [0, 0.05) is 12.6 Å². The summed E-state index contributed by atoms with van der Waals surface area (Å²) in [7, 11) is 0. The lowest BCUT2D eigenvalue weighted by Gasteiger charge is -2.27. The highest BCUT2D eigenvalue weighted by Gasteiger charge is 2.28. The van der Waals surface area contributed by atoms with Crippen LogP contribution in [-0.4, -0.2) is 18.5 Å². The van der Waals surface area contributed by atoms with Crippen molar-refractivity contribution in [3.05, 3.63) is 0 Å². The van der Waals surface area contributed by atoms with Gasteiger partial charge in [0.05, 0.1) is 5.92 Å². The topological polar surface area (TPSA) is 55.1 Å². The number of nitrogens with two attached hydrogens (primary N) is 1. The van der Waals surface area contributed by atoms with Gasteiger partial charge in [-0.1, -0.05) is 47.0 Å². The van der Waals surface area contributed by atoms with Crippen molar-refractivity contribution in [2.24, 2.45) is 29.4 Å². The van der Waals surface area contributed by atoms with Crippen LogP contribution in [0.5, 0.6) is 0 Å². The Morgan fingerprint density at radius 2 is 1.68 bits per heavy atom. The third-order valence-electron chi connectivity index (χ3n) is 4.63. The van der Waals surface area contributed by atoms with Gasteiger partial charge in [0.2, 0.25) is 5.91 Å². The molecule has 1 fully saturated rings. The first-order valence-corrected chi connectivity index (χ1v) is 7.96. The van der Waals surface area contributed by atoms with Crippen LogP contribution >= 0.6 is 0 Å². The van der Waals surface area contributed by atoms with Gasteiger partial charge in [-0.2, -0.15) is 0 Å². The Balaban J connectivity index is 2.49. The first-order chi connectivity index (χ1) is 8.93.